The summed E-state index contributed by atoms with van der Waals surface area (Å²) in [5, 5.41) is 74.7. The van der Waals surface area contributed by atoms with E-state index in [0.29, 0.717) is 12.8 Å². The van der Waals surface area contributed by atoms with Gasteiger partial charge in [0, 0.05) is 0 Å². The summed E-state index contributed by atoms with van der Waals surface area (Å²) >= 11 is 0. The molecule has 67 heavy (non-hydrogen) atoms. The Hall–Kier alpha value is -1.48. The third kappa shape index (κ3) is 33.7. The molecule has 13 nitrogen and oxygen atoms in total. The average Bonchev–Trinajstić information content (AvgIpc) is 3.30. The van der Waals surface area contributed by atoms with Crippen molar-refractivity contribution in [3.63, 3.8) is 0 Å². The van der Waals surface area contributed by atoms with Gasteiger partial charge in [-0.2, -0.15) is 0 Å². The summed E-state index contributed by atoms with van der Waals surface area (Å²) in [5.74, 6) is -0.609. The minimum Gasteiger partial charge on any atom is -0.393 e. The van der Waals surface area contributed by atoms with Crippen LogP contribution in [0.4, 0.5) is 0 Å². The molecule has 1 aliphatic carbocycles. The van der Waals surface area contributed by atoms with E-state index in [1.54, 1.807) is 6.08 Å². The summed E-state index contributed by atoms with van der Waals surface area (Å²) in [5.41, 5.74) is 0. The van der Waals surface area contributed by atoms with Crippen molar-refractivity contribution in [1.82, 2.24) is 5.32 Å². The van der Waals surface area contributed by atoms with Crippen LogP contribution in [0.3, 0.4) is 0 Å². The lowest BCUT2D eigenvalue weighted by Crippen LogP contribution is -2.64. The number of amides is 1. The molecule has 0 radical (unpaired) electrons. The van der Waals surface area contributed by atoms with Crippen molar-refractivity contribution in [1.29, 1.82) is 0 Å². The molecular formula is C53H100NO12P. The van der Waals surface area contributed by atoms with Crippen LogP contribution in [0.2, 0.25) is 0 Å². The van der Waals surface area contributed by atoms with Crippen LogP contribution in [-0.2, 0) is 18.4 Å². The van der Waals surface area contributed by atoms with E-state index in [-0.39, 0.29) is 6.42 Å². The van der Waals surface area contributed by atoms with Crippen LogP contribution >= 0.6 is 7.82 Å². The molecule has 1 fully saturated rings. The first kappa shape index (κ1) is 63.5. The molecule has 1 amide bonds. The first-order chi connectivity index (χ1) is 32.3. The molecule has 1 saturated carbocycles. The third-order valence-corrected chi connectivity index (χ3v) is 13.9. The molecule has 0 heterocycles. The predicted octanol–water partition coefficient (Wildman–Crippen LogP) is 10.5. The van der Waals surface area contributed by atoms with Crippen molar-refractivity contribution in [2.24, 2.45) is 0 Å². The highest BCUT2D eigenvalue weighted by Crippen LogP contribution is 2.47. The van der Waals surface area contributed by atoms with Gasteiger partial charge in [0.15, 0.2) is 0 Å². The van der Waals surface area contributed by atoms with Gasteiger partial charge in [0.1, 0.15) is 36.6 Å². The fourth-order valence-corrected chi connectivity index (χ4v) is 9.51. The van der Waals surface area contributed by atoms with Gasteiger partial charge in [-0.3, -0.25) is 13.8 Å². The summed E-state index contributed by atoms with van der Waals surface area (Å²) in [6.45, 7) is 3.75. The fraction of sp³-hybridized carbons (Fsp3) is 0.868. The van der Waals surface area contributed by atoms with Crippen LogP contribution in [0.1, 0.15) is 232 Å². The highest BCUT2D eigenvalue weighted by molar-refractivity contribution is 7.47. The predicted molar refractivity (Wildman–Crippen MR) is 270 cm³/mol. The maximum atomic E-state index is 13.0. The number of carbonyl (C=O) groups excluding carboxylic acids is 1. The van der Waals surface area contributed by atoms with Gasteiger partial charge in [-0.05, 0) is 57.8 Å². The summed E-state index contributed by atoms with van der Waals surface area (Å²) in [6.07, 6.45) is 36.6. The topological polar surface area (TPSA) is 226 Å². The molecule has 0 aromatic carbocycles. The standard InChI is InChI=1S/C53H100NO12P/c1-3-5-7-9-11-13-15-17-19-21-22-23-24-25-27-29-31-33-35-37-39-41-46(56)45(43-65-67(63,64)66-53-51(61)49(59)48(58)50(60)52(53)62)54-47(57)42-44(55)40-38-36-34-32-30-28-26-20-18-16-14-12-10-8-6-4-2/h28,30-31,33,39,41,44-46,48-53,55-56,58-62H,3-27,29,32,34-38,40,42-43H2,1-2H3,(H,54,57)(H,63,64)/b30-28-,33-31+,41-39+. The molecule has 394 valence electrons. The van der Waals surface area contributed by atoms with Crippen molar-refractivity contribution >= 4 is 13.7 Å². The van der Waals surface area contributed by atoms with Gasteiger partial charge >= 0.3 is 7.82 Å². The number of phosphoric ester groups is 1. The SMILES string of the molecule is CCCCCCCCCCC/C=C\CCCCCC(O)CC(=O)NC(COP(=O)(O)OC1C(O)C(O)C(O)C(O)C1O)C(O)/C=C/CC/C=C/CCCCCCCCCCCCCCCCC. The van der Waals surface area contributed by atoms with E-state index in [0.717, 1.165) is 51.4 Å². The zero-order chi connectivity index (χ0) is 49.4. The van der Waals surface area contributed by atoms with Crippen molar-refractivity contribution in [2.75, 3.05) is 6.61 Å². The average molecular weight is 974 g/mol. The zero-order valence-corrected chi connectivity index (χ0v) is 43.0. The molecule has 1 rings (SSSR count). The van der Waals surface area contributed by atoms with E-state index in [4.69, 9.17) is 9.05 Å². The number of phosphoric acid groups is 1. The van der Waals surface area contributed by atoms with Gasteiger partial charge in [0.2, 0.25) is 5.91 Å². The zero-order valence-electron chi connectivity index (χ0n) is 42.1. The van der Waals surface area contributed by atoms with Crippen LogP contribution in [0.5, 0.6) is 0 Å². The van der Waals surface area contributed by atoms with Crippen LogP contribution < -0.4 is 5.32 Å². The second-order valence-electron chi connectivity index (χ2n) is 19.3. The number of aliphatic hydroxyl groups excluding tert-OH is 7. The molecule has 0 aliphatic heterocycles. The van der Waals surface area contributed by atoms with E-state index in [1.807, 2.05) is 0 Å². The second-order valence-corrected chi connectivity index (χ2v) is 20.7. The number of allylic oxidation sites excluding steroid dienone is 5. The third-order valence-electron chi connectivity index (χ3n) is 12.9. The molecule has 0 aromatic rings. The number of hydrogen-bond donors (Lipinski definition) is 9. The van der Waals surface area contributed by atoms with Gasteiger partial charge in [-0.15, -0.1) is 0 Å². The first-order valence-electron chi connectivity index (χ1n) is 27.0. The number of unbranched alkanes of at least 4 members (excludes halogenated alkanes) is 28. The van der Waals surface area contributed by atoms with E-state index in [1.165, 1.54) is 154 Å². The summed E-state index contributed by atoms with van der Waals surface area (Å²) < 4.78 is 22.9. The Morgan fingerprint density at radius 3 is 1.31 bits per heavy atom. The number of aliphatic hydroxyl groups is 7. The lowest BCUT2D eigenvalue weighted by molar-refractivity contribution is -0.220. The van der Waals surface area contributed by atoms with Gasteiger partial charge in [0.25, 0.3) is 0 Å². The van der Waals surface area contributed by atoms with E-state index >= 15 is 0 Å². The maximum absolute atomic E-state index is 13.0. The van der Waals surface area contributed by atoms with Gasteiger partial charge in [-0.25, -0.2) is 4.57 Å². The second kappa shape index (κ2) is 42.2. The minimum absolute atomic E-state index is 0.262. The quantitative estimate of drug-likeness (QED) is 0.0158. The Morgan fingerprint density at radius 2 is 0.881 bits per heavy atom. The van der Waals surface area contributed by atoms with Crippen LogP contribution in [0, 0.1) is 0 Å². The van der Waals surface area contributed by atoms with Gasteiger partial charge in [0.05, 0.1) is 31.3 Å². The Balaban J connectivity index is 2.50. The molecule has 0 spiro atoms. The van der Waals surface area contributed by atoms with Crippen LogP contribution in [-0.4, -0.2) is 108 Å². The van der Waals surface area contributed by atoms with Crippen LogP contribution in [0.15, 0.2) is 36.5 Å². The summed E-state index contributed by atoms with van der Waals surface area (Å²) in [4.78, 5) is 23.5. The molecule has 8 unspecified atom stereocenters. The molecule has 9 N–H and O–H groups in total. The molecule has 8 atom stereocenters. The van der Waals surface area contributed by atoms with Gasteiger partial charge in [-0.1, -0.05) is 204 Å². The van der Waals surface area contributed by atoms with Crippen molar-refractivity contribution in [3.8, 4) is 0 Å². The Kier molecular flexibility index (Phi) is 40.0. The Bertz CT molecular complexity index is 1290. The molecule has 0 aromatic heterocycles. The number of rotatable bonds is 45. The summed E-state index contributed by atoms with van der Waals surface area (Å²) in [6, 6.07) is -1.26. The molecular weight excluding hydrogens is 874 g/mol. The van der Waals surface area contributed by atoms with E-state index in [9.17, 15) is 50.0 Å². The van der Waals surface area contributed by atoms with Crippen molar-refractivity contribution in [3.05, 3.63) is 36.5 Å². The highest BCUT2D eigenvalue weighted by atomic mass is 31.2. The fourth-order valence-electron chi connectivity index (χ4n) is 8.55. The lowest BCUT2D eigenvalue weighted by Gasteiger charge is -2.41. The Labute approximate surface area is 406 Å². The minimum atomic E-state index is -5.16. The molecule has 0 saturated heterocycles. The summed E-state index contributed by atoms with van der Waals surface area (Å²) in [7, 11) is -5.16. The molecule has 1 aliphatic rings. The smallest absolute Gasteiger partial charge is 0.393 e. The molecule has 0 bridgehead atoms. The number of nitrogens with one attached hydrogen (secondary N) is 1. The molecule has 14 heteroatoms. The van der Waals surface area contributed by atoms with E-state index in [2.05, 4.69) is 43.5 Å². The maximum Gasteiger partial charge on any atom is 0.472 e. The van der Waals surface area contributed by atoms with Crippen molar-refractivity contribution < 1.29 is 59.0 Å². The monoisotopic (exact) mass is 974 g/mol. The Morgan fingerprint density at radius 1 is 0.522 bits per heavy atom. The highest BCUT2D eigenvalue weighted by Gasteiger charge is 2.51. The van der Waals surface area contributed by atoms with E-state index < -0.39 is 75.2 Å². The number of carbonyl (C=O) groups is 1. The van der Waals surface area contributed by atoms with Crippen LogP contribution in [0.25, 0.3) is 0 Å². The van der Waals surface area contributed by atoms with Crippen molar-refractivity contribution in [2.45, 2.75) is 287 Å². The largest absolute Gasteiger partial charge is 0.472 e. The number of hydrogen-bond acceptors (Lipinski definition) is 11. The first-order valence-corrected chi connectivity index (χ1v) is 28.5. The lowest BCUT2D eigenvalue weighted by atomic mass is 9.85. The van der Waals surface area contributed by atoms with Gasteiger partial charge < -0.3 is 46.0 Å². The normalized spacial score (nSPS) is 22.5.